The number of esters is 1. The van der Waals surface area contributed by atoms with Crippen molar-refractivity contribution in [2.45, 2.75) is 51.0 Å². The first-order valence-electron chi connectivity index (χ1n) is 9.82. The van der Waals surface area contributed by atoms with Gasteiger partial charge in [-0.1, -0.05) is 20.8 Å². The van der Waals surface area contributed by atoms with Crippen LogP contribution in [0.15, 0.2) is 29.2 Å². The van der Waals surface area contributed by atoms with Crippen molar-refractivity contribution in [3.05, 3.63) is 29.8 Å². The number of sulfonamides is 1. The Hall–Kier alpha value is -1.93. The molecule has 1 amide bonds. The summed E-state index contributed by atoms with van der Waals surface area (Å²) in [6.07, 6.45) is 3.05. The third-order valence-electron chi connectivity index (χ3n) is 5.93. The van der Waals surface area contributed by atoms with E-state index in [1.807, 2.05) is 4.90 Å². The summed E-state index contributed by atoms with van der Waals surface area (Å²) < 4.78 is 30.5. The van der Waals surface area contributed by atoms with Gasteiger partial charge >= 0.3 is 5.97 Å². The number of fused-ring (bicyclic) bond motifs is 2. The highest BCUT2D eigenvalue weighted by molar-refractivity contribution is 7.89. The van der Waals surface area contributed by atoms with E-state index in [0.29, 0.717) is 6.54 Å². The number of amides is 1. The minimum Gasteiger partial charge on any atom is -0.452 e. The first-order valence-corrected chi connectivity index (χ1v) is 11.3. The molecule has 8 heteroatoms. The van der Waals surface area contributed by atoms with Crippen molar-refractivity contribution >= 4 is 21.9 Å². The number of nitrogens with zero attached hydrogens (tertiary/aromatic N) is 2. The molecule has 0 radical (unpaired) electrons. The monoisotopic (exact) mass is 422 g/mol. The van der Waals surface area contributed by atoms with Crippen LogP contribution in [0, 0.1) is 10.8 Å². The molecule has 0 aromatic heterocycles. The van der Waals surface area contributed by atoms with E-state index < -0.39 is 16.0 Å². The average molecular weight is 423 g/mol. The van der Waals surface area contributed by atoms with Crippen LogP contribution in [0.4, 0.5) is 0 Å². The number of carbonyl (C=O) groups is 2. The molecule has 7 nitrogen and oxygen atoms in total. The highest BCUT2D eigenvalue weighted by Gasteiger charge is 2.50. The highest BCUT2D eigenvalue weighted by atomic mass is 32.2. The van der Waals surface area contributed by atoms with Crippen molar-refractivity contribution in [2.75, 3.05) is 27.2 Å². The summed E-state index contributed by atoms with van der Waals surface area (Å²) in [5.74, 6) is -0.808. The Kier molecular flexibility index (Phi) is 5.55. The molecule has 3 rings (SSSR count). The van der Waals surface area contributed by atoms with Crippen LogP contribution in [0.1, 0.15) is 50.4 Å². The molecular formula is C21H30N2O5S. The lowest BCUT2D eigenvalue weighted by Crippen LogP contribution is -2.39. The van der Waals surface area contributed by atoms with Crippen molar-refractivity contribution in [3.8, 4) is 0 Å². The predicted octanol–water partition coefficient (Wildman–Crippen LogP) is 2.52. The second-order valence-electron chi connectivity index (χ2n) is 9.62. The Bertz CT molecular complexity index is 908. The Labute approximate surface area is 173 Å². The SMILES string of the molecule is CN(C)S(=O)(=O)c1ccc(C(=O)OCC(=O)N2C[C@@]3(C)C[C@H]2CC(C)(C)C3)cc1. The maximum absolute atomic E-state index is 12.7. The quantitative estimate of drug-likeness (QED) is 0.681. The summed E-state index contributed by atoms with van der Waals surface area (Å²) in [6, 6.07) is 5.72. The van der Waals surface area contributed by atoms with E-state index in [0.717, 1.165) is 23.6 Å². The molecule has 1 saturated heterocycles. The second kappa shape index (κ2) is 7.40. The van der Waals surface area contributed by atoms with Gasteiger partial charge in [0, 0.05) is 26.7 Å². The van der Waals surface area contributed by atoms with Crippen LogP contribution >= 0.6 is 0 Å². The van der Waals surface area contributed by atoms with Crippen LogP contribution in [0.2, 0.25) is 0 Å². The molecule has 2 aliphatic rings. The maximum atomic E-state index is 12.7. The third-order valence-corrected chi connectivity index (χ3v) is 7.76. The van der Waals surface area contributed by atoms with Gasteiger partial charge < -0.3 is 9.64 Å². The smallest absolute Gasteiger partial charge is 0.338 e. The van der Waals surface area contributed by atoms with Crippen LogP contribution in [0.25, 0.3) is 0 Å². The van der Waals surface area contributed by atoms with Gasteiger partial charge in [-0.05, 0) is 54.4 Å². The molecule has 2 fully saturated rings. The number of rotatable bonds is 5. The van der Waals surface area contributed by atoms with Gasteiger partial charge in [0.2, 0.25) is 10.0 Å². The number of likely N-dealkylation sites (tertiary alicyclic amines) is 1. The van der Waals surface area contributed by atoms with E-state index in [2.05, 4.69) is 20.8 Å². The molecular weight excluding hydrogens is 392 g/mol. The molecule has 1 aromatic rings. The van der Waals surface area contributed by atoms with Crippen molar-refractivity contribution < 1.29 is 22.7 Å². The topological polar surface area (TPSA) is 84.0 Å². The molecule has 0 N–H and O–H groups in total. The fourth-order valence-electron chi connectivity index (χ4n) is 5.02. The van der Waals surface area contributed by atoms with Crippen LogP contribution < -0.4 is 0 Å². The average Bonchev–Trinajstić information content (AvgIpc) is 2.88. The van der Waals surface area contributed by atoms with Crippen molar-refractivity contribution in [1.82, 2.24) is 9.21 Å². The molecule has 0 spiro atoms. The van der Waals surface area contributed by atoms with Gasteiger partial charge in [0.05, 0.1) is 10.5 Å². The molecule has 160 valence electrons. The molecule has 1 aliphatic carbocycles. The molecule has 2 bridgehead atoms. The lowest BCUT2D eigenvalue weighted by atomic mass is 9.65. The molecule has 1 saturated carbocycles. The van der Waals surface area contributed by atoms with Crippen LogP contribution in [-0.4, -0.2) is 62.8 Å². The van der Waals surface area contributed by atoms with Gasteiger partial charge in [-0.15, -0.1) is 0 Å². The van der Waals surface area contributed by atoms with Crippen molar-refractivity contribution in [1.29, 1.82) is 0 Å². The van der Waals surface area contributed by atoms with E-state index in [9.17, 15) is 18.0 Å². The summed E-state index contributed by atoms with van der Waals surface area (Å²) in [5, 5.41) is 0. The summed E-state index contributed by atoms with van der Waals surface area (Å²) in [6.45, 7) is 7.11. The largest absolute Gasteiger partial charge is 0.452 e. The fraction of sp³-hybridized carbons (Fsp3) is 0.619. The van der Waals surface area contributed by atoms with E-state index in [4.69, 9.17) is 4.74 Å². The van der Waals surface area contributed by atoms with E-state index in [1.165, 1.54) is 38.4 Å². The normalized spacial score (nSPS) is 25.9. The summed E-state index contributed by atoms with van der Waals surface area (Å²) in [5.41, 5.74) is 0.543. The number of carbonyl (C=O) groups excluding carboxylic acids is 2. The van der Waals surface area contributed by atoms with Gasteiger partial charge in [0.1, 0.15) is 0 Å². The van der Waals surface area contributed by atoms with E-state index in [-0.39, 0.29) is 39.8 Å². The zero-order chi connectivity index (χ0) is 21.6. The van der Waals surface area contributed by atoms with Crippen molar-refractivity contribution in [2.24, 2.45) is 10.8 Å². The Morgan fingerprint density at radius 2 is 1.76 bits per heavy atom. The number of hydrogen-bond donors (Lipinski definition) is 0. The number of hydrogen-bond acceptors (Lipinski definition) is 5. The molecule has 1 aliphatic heterocycles. The summed E-state index contributed by atoms with van der Waals surface area (Å²) in [4.78, 5) is 27.0. The highest BCUT2D eigenvalue weighted by Crippen LogP contribution is 2.52. The predicted molar refractivity (Wildman–Crippen MR) is 109 cm³/mol. The Balaban J connectivity index is 1.61. The van der Waals surface area contributed by atoms with E-state index >= 15 is 0 Å². The van der Waals surface area contributed by atoms with Gasteiger partial charge in [-0.2, -0.15) is 0 Å². The van der Waals surface area contributed by atoms with Crippen molar-refractivity contribution in [3.63, 3.8) is 0 Å². The minimum atomic E-state index is -3.56. The molecule has 2 atom stereocenters. The Morgan fingerprint density at radius 1 is 1.14 bits per heavy atom. The third kappa shape index (κ3) is 4.48. The van der Waals surface area contributed by atoms with E-state index in [1.54, 1.807) is 0 Å². The zero-order valence-electron chi connectivity index (χ0n) is 17.8. The van der Waals surface area contributed by atoms with Crippen LogP contribution in [0.5, 0.6) is 0 Å². The molecule has 0 unspecified atom stereocenters. The maximum Gasteiger partial charge on any atom is 0.338 e. The molecule has 1 heterocycles. The first-order chi connectivity index (χ1) is 13.3. The Morgan fingerprint density at radius 3 is 2.34 bits per heavy atom. The lowest BCUT2D eigenvalue weighted by Gasteiger charge is -2.39. The lowest BCUT2D eigenvalue weighted by molar-refractivity contribution is -0.135. The summed E-state index contributed by atoms with van der Waals surface area (Å²) in [7, 11) is -0.675. The van der Waals surface area contributed by atoms with Gasteiger partial charge in [0.25, 0.3) is 5.91 Å². The van der Waals surface area contributed by atoms with Gasteiger partial charge in [0.15, 0.2) is 6.61 Å². The minimum absolute atomic E-state index is 0.0929. The molecule has 1 aromatic carbocycles. The van der Waals surface area contributed by atoms with Gasteiger partial charge in [-0.25, -0.2) is 17.5 Å². The number of benzene rings is 1. The number of ether oxygens (including phenoxy) is 1. The fourth-order valence-corrected chi connectivity index (χ4v) is 5.92. The van der Waals surface area contributed by atoms with Gasteiger partial charge in [-0.3, -0.25) is 4.79 Å². The second-order valence-corrected chi connectivity index (χ2v) is 11.8. The van der Waals surface area contributed by atoms with Crippen LogP contribution in [0.3, 0.4) is 0 Å². The first kappa shape index (κ1) is 21.8. The standard InChI is InChI=1S/C21H30N2O5S/c1-20(2)10-16-11-21(3,13-20)14-23(16)18(24)12-28-19(25)15-6-8-17(9-7-15)29(26,27)22(4)5/h6-9,16H,10-14H2,1-5H3/t16-,21+/m1/s1. The molecule has 29 heavy (non-hydrogen) atoms. The van der Waals surface area contributed by atoms with Crippen LogP contribution in [-0.2, 0) is 19.6 Å². The zero-order valence-corrected chi connectivity index (χ0v) is 18.6. The summed E-state index contributed by atoms with van der Waals surface area (Å²) >= 11 is 0.